The van der Waals surface area contributed by atoms with Crippen LogP contribution < -0.4 is 21.5 Å². The molecule has 0 saturated heterocycles. The van der Waals surface area contributed by atoms with Crippen LogP contribution in [0.1, 0.15) is 71.0 Å². The van der Waals surface area contributed by atoms with Crippen LogP contribution in [0.3, 0.4) is 0 Å². The van der Waals surface area contributed by atoms with Gasteiger partial charge in [0.2, 0.25) is 0 Å². The molecule has 0 amide bonds. The lowest BCUT2D eigenvalue weighted by molar-refractivity contribution is -0.703. The minimum Gasteiger partial charge on any atom is -1.00 e. The number of hydrogen-bond acceptors (Lipinski definition) is 0. The number of unbranched alkanes of at least 4 members (excludes halogenated alkanes) is 6. The first kappa shape index (κ1) is 17.7. The number of hydrogen-bond donors (Lipinski definition) is 1. The average molecular weight is 317 g/mol. The van der Waals surface area contributed by atoms with Gasteiger partial charge < -0.3 is 17.0 Å². The number of nitrogens with one attached hydrogen (secondary N) is 1. The Labute approximate surface area is 123 Å². The summed E-state index contributed by atoms with van der Waals surface area (Å²) in [5.74, 6) is 1.41. The lowest BCUT2D eigenvalue weighted by atomic mass is 10.1. The third-order valence-electron chi connectivity index (χ3n) is 3.37. The highest BCUT2D eigenvalue weighted by Crippen LogP contribution is 2.04. The van der Waals surface area contributed by atoms with Crippen LogP contribution in [0.25, 0.3) is 0 Å². The monoisotopic (exact) mass is 316 g/mol. The second-order valence-electron chi connectivity index (χ2n) is 4.97. The predicted molar refractivity (Wildman–Crippen MR) is 73.0 cm³/mol. The standard InChI is InChI=1S/C15H28N2.BrH/c1-3-5-7-9-11-15-16-12-14-17(15)13-10-8-6-4-2;/h12,14H,3-11,13H2,1-2H3;1H. The Hall–Kier alpha value is -0.310. The topological polar surface area (TPSA) is 19.7 Å². The van der Waals surface area contributed by atoms with Crippen molar-refractivity contribution in [1.29, 1.82) is 0 Å². The molecule has 106 valence electrons. The number of aryl methyl sites for hydroxylation is 2. The van der Waals surface area contributed by atoms with Crippen molar-refractivity contribution in [3.05, 3.63) is 18.2 Å². The molecule has 0 aliphatic carbocycles. The van der Waals surface area contributed by atoms with Crippen molar-refractivity contribution in [2.75, 3.05) is 0 Å². The van der Waals surface area contributed by atoms with Gasteiger partial charge in [0.25, 0.3) is 5.82 Å². The Balaban J connectivity index is 0.00000289. The van der Waals surface area contributed by atoms with Crippen LogP contribution in [0.4, 0.5) is 0 Å². The van der Waals surface area contributed by atoms with Crippen LogP contribution in [-0.4, -0.2) is 4.98 Å². The smallest absolute Gasteiger partial charge is 0.254 e. The van der Waals surface area contributed by atoms with E-state index in [9.17, 15) is 0 Å². The Morgan fingerprint density at radius 1 is 0.944 bits per heavy atom. The largest absolute Gasteiger partial charge is 1.00 e. The van der Waals surface area contributed by atoms with E-state index in [1.54, 1.807) is 0 Å². The van der Waals surface area contributed by atoms with Crippen LogP contribution in [0, 0.1) is 0 Å². The molecular weight excluding hydrogens is 288 g/mol. The molecule has 1 aromatic heterocycles. The van der Waals surface area contributed by atoms with Crippen molar-refractivity contribution >= 4 is 0 Å². The van der Waals surface area contributed by atoms with Crippen LogP contribution in [-0.2, 0) is 13.0 Å². The summed E-state index contributed by atoms with van der Waals surface area (Å²) in [6.45, 7) is 5.72. The van der Waals surface area contributed by atoms with Crippen molar-refractivity contribution in [3.8, 4) is 0 Å². The summed E-state index contributed by atoms with van der Waals surface area (Å²) < 4.78 is 2.40. The molecule has 0 aromatic carbocycles. The zero-order valence-corrected chi connectivity index (χ0v) is 13.6. The number of halogens is 1. The highest BCUT2D eigenvalue weighted by molar-refractivity contribution is 4.77. The zero-order valence-electron chi connectivity index (χ0n) is 12.1. The van der Waals surface area contributed by atoms with E-state index in [0.29, 0.717) is 0 Å². The molecule has 0 bridgehead atoms. The van der Waals surface area contributed by atoms with Crippen molar-refractivity contribution in [1.82, 2.24) is 4.98 Å². The van der Waals surface area contributed by atoms with Gasteiger partial charge in [0, 0.05) is 6.42 Å². The molecule has 1 aromatic rings. The summed E-state index contributed by atoms with van der Waals surface area (Å²) in [5.41, 5.74) is 0. The highest BCUT2D eigenvalue weighted by atomic mass is 79.9. The molecule has 1 rings (SSSR count). The van der Waals surface area contributed by atoms with E-state index in [2.05, 4.69) is 35.8 Å². The fourth-order valence-electron chi connectivity index (χ4n) is 2.25. The number of aromatic nitrogens is 2. The number of imidazole rings is 1. The van der Waals surface area contributed by atoms with Gasteiger partial charge in [-0.2, -0.15) is 0 Å². The van der Waals surface area contributed by atoms with Gasteiger partial charge in [-0.15, -0.1) is 0 Å². The Bertz CT molecular complexity index is 257. The minimum atomic E-state index is 0. The normalized spacial score (nSPS) is 10.3. The Kier molecular flexibility index (Phi) is 11.6. The van der Waals surface area contributed by atoms with Gasteiger partial charge in [0.1, 0.15) is 12.4 Å². The lowest BCUT2D eigenvalue weighted by Gasteiger charge is -2.01. The summed E-state index contributed by atoms with van der Waals surface area (Å²) in [6, 6.07) is 0. The third-order valence-corrected chi connectivity index (χ3v) is 3.37. The molecule has 0 saturated carbocycles. The Morgan fingerprint density at radius 3 is 2.28 bits per heavy atom. The van der Waals surface area contributed by atoms with Gasteiger partial charge in [-0.3, -0.25) is 0 Å². The zero-order chi connectivity index (χ0) is 12.3. The molecule has 18 heavy (non-hydrogen) atoms. The fourth-order valence-corrected chi connectivity index (χ4v) is 2.25. The van der Waals surface area contributed by atoms with Gasteiger partial charge in [-0.1, -0.05) is 46.0 Å². The van der Waals surface area contributed by atoms with Gasteiger partial charge in [0.15, 0.2) is 0 Å². The summed E-state index contributed by atoms with van der Waals surface area (Å²) in [7, 11) is 0. The summed E-state index contributed by atoms with van der Waals surface area (Å²) in [5, 5.41) is 0. The van der Waals surface area contributed by atoms with E-state index >= 15 is 0 Å². The molecule has 0 aliphatic rings. The van der Waals surface area contributed by atoms with Gasteiger partial charge in [-0.05, 0) is 19.3 Å². The number of H-pyrrole nitrogens is 1. The van der Waals surface area contributed by atoms with Crippen molar-refractivity contribution in [3.63, 3.8) is 0 Å². The summed E-state index contributed by atoms with van der Waals surface area (Å²) in [6.07, 6.45) is 16.2. The maximum absolute atomic E-state index is 3.39. The molecule has 0 unspecified atom stereocenters. The minimum absolute atomic E-state index is 0. The van der Waals surface area contributed by atoms with Crippen molar-refractivity contribution < 1.29 is 21.5 Å². The maximum atomic E-state index is 3.39. The van der Waals surface area contributed by atoms with Gasteiger partial charge >= 0.3 is 0 Å². The number of aromatic amines is 1. The van der Waals surface area contributed by atoms with Crippen LogP contribution in [0.2, 0.25) is 0 Å². The van der Waals surface area contributed by atoms with Gasteiger partial charge in [0.05, 0.1) is 6.54 Å². The van der Waals surface area contributed by atoms with E-state index in [4.69, 9.17) is 0 Å². The predicted octanol–water partition coefficient (Wildman–Crippen LogP) is 1.01. The molecule has 1 heterocycles. The molecule has 0 fully saturated rings. The van der Waals surface area contributed by atoms with E-state index in [1.807, 2.05) is 0 Å². The van der Waals surface area contributed by atoms with E-state index < -0.39 is 0 Å². The first-order valence-electron chi connectivity index (χ1n) is 7.44. The third kappa shape index (κ3) is 7.20. The van der Waals surface area contributed by atoms with Crippen LogP contribution in [0.15, 0.2) is 12.4 Å². The van der Waals surface area contributed by atoms with Crippen LogP contribution in [0.5, 0.6) is 0 Å². The second kappa shape index (κ2) is 11.8. The number of nitrogens with zero attached hydrogens (tertiary/aromatic N) is 1. The first-order valence-corrected chi connectivity index (χ1v) is 7.44. The van der Waals surface area contributed by atoms with Crippen LogP contribution >= 0.6 is 0 Å². The van der Waals surface area contributed by atoms with Crippen molar-refractivity contribution in [2.45, 2.75) is 78.2 Å². The summed E-state index contributed by atoms with van der Waals surface area (Å²) >= 11 is 0. The number of rotatable bonds is 10. The summed E-state index contributed by atoms with van der Waals surface area (Å²) in [4.78, 5) is 3.39. The van der Waals surface area contributed by atoms with E-state index in [-0.39, 0.29) is 17.0 Å². The molecule has 2 nitrogen and oxygen atoms in total. The molecule has 0 atom stereocenters. The molecule has 1 N–H and O–H groups in total. The van der Waals surface area contributed by atoms with E-state index in [0.717, 1.165) is 0 Å². The quantitative estimate of drug-likeness (QED) is 0.491. The molecule has 0 aliphatic heterocycles. The lowest BCUT2D eigenvalue weighted by Crippen LogP contribution is -3.00. The molecule has 0 radical (unpaired) electrons. The Morgan fingerprint density at radius 2 is 1.61 bits per heavy atom. The first-order chi connectivity index (χ1) is 8.38. The SMILES string of the molecule is CCCCCCc1[nH]cc[n+]1CCCCCC.[Br-]. The van der Waals surface area contributed by atoms with Gasteiger partial charge in [-0.25, -0.2) is 9.55 Å². The van der Waals surface area contributed by atoms with E-state index in [1.165, 1.54) is 70.2 Å². The maximum Gasteiger partial charge on any atom is 0.254 e. The highest BCUT2D eigenvalue weighted by Gasteiger charge is 2.09. The fraction of sp³-hybridized carbons (Fsp3) is 0.800. The average Bonchev–Trinajstić information content (AvgIpc) is 2.78. The molecule has 3 heteroatoms. The molecule has 0 spiro atoms. The second-order valence-corrected chi connectivity index (χ2v) is 4.97. The van der Waals surface area contributed by atoms with Crippen molar-refractivity contribution in [2.24, 2.45) is 0 Å². The molecular formula is C15H29BrN2.